The topological polar surface area (TPSA) is 49.4 Å². The number of amides is 2. The summed E-state index contributed by atoms with van der Waals surface area (Å²) >= 11 is 1.46. The van der Waals surface area contributed by atoms with E-state index in [1.54, 1.807) is 24.0 Å². The van der Waals surface area contributed by atoms with Crippen molar-refractivity contribution in [3.05, 3.63) is 71.5 Å². The second-order valence-electron chi connectivity index (χ2n) is 8.04. The molecule has 0 heterocycles. The molecule has 0 saturated heterocycles. The number of carbonyl (C=O) groups excluding carboxylic acids is 2. The second-order valence-corrected chi connectivity index (χ2v) is 9.03. The molecule has 0 aliphatic heterocycles. The Hall–Kier alpha value is -2.34. The Balaban J connectivity index is 2.05. The first-order chi connectivity index (χ1) is 13.7. The van der Waals surface area contributed by atoms with Gasteiger partial charge in [-0.25, -0.2) is 4.39 Å². The van der Waals surface area contributed by atoms with Crippen LogP contribution in [0.25, 0.3) is 0 Å². The van der Waals surface area contributed by atoms with Crippen molar-refractivity contribution in [2.45, 2.75) is 51.6 Å². The number of benzene rings is 2. The van der Waals surface area contributed by atoms with E-state index in [2.05, 4.69) is 5.32 Å². The standard InChI is InChI=1S/C23H29FN2O2S/c1-17(22(28)25-23(2,3)4)26(14-18-8-6-5-7-9-18)21(27)16-29-15-19-10-12-20(24)13-11-19/h5-13,17H,14-16H2,1-4H3,(H,25,28). The number of nitrogens with zero attached hydrogens (tertiary/aromatic N) is 1. The van der Waals surface area contributed by atoms with Crippen molar-refractivity contribution >= 4 is 23.6 Å². The molecule has 0 spiro atoms. The summed E-state index contributed by atoms with van der Waals surface area (Å²) in [5.74, 6) is 0.302. The minimum Gasteiger partial charge on any atom is -0.350 e. The van der Waals surface area contributed by atoms with E-state index in [-0.39, 0.29) is 28.9 Å². The van der Waals surface area contributed by atoms with Crippen molar-refractivity contribution in [2.24, 2.45) is 0 Å². The predicted molar refractivity (Wildman–Crippen MR) is 117 cm³/mol. The molecule has 0 saturated carbocycles. The van der Waals surface area contributed by atoms with Gasteiger partial charge in [-0.3, -0.25) is 9.59 Å². The van der Waals surface area contributed by atoms with Gasteiger partial charge in [0.1, 0.15) is 11.9 Å². The first kappa shape index (κ1) is 22.9. The van der Waals surface area contributed by atoms with Gasteiger partial charge in [0.25, 0.3) is 0 Å². The van der Waals surface area contributed by atoms with Crippen LogP contribution in [0, 0.1) is 5.82 Å². The lowest BCUT2D eigenvalue weighted by molar-refractivity contribution is -0.139. The minimum absolute atomic E-state index is 0.0995. The summed E-state index contributed by atoms with van der Waals surface area (Å²) in [6, 6.07) is 15.3. The lowest BCUT2D eigenvalue weighted by Gasteiger charge is -2.31. The third kappa shape index (κ3) is 7.89. The predicted octanol–water partition coefficient (Wildman–Crippen LogP) is 4.39. The number of thioether (sulfide) groups is 1. The first-order valence-electron chi connectivity index (χ1n) is 9.63. The van der Waals surface area contributed by atoms with Crippen LogP contribution in [0.3, 0.4) is 0 Å². The lowest BCUT2D eigenvalue weighted by Crippen LogP contribution is -2.52. The quantitative estimate of drug-likeness (QED) is 0.694. The molecule has 6 heteroatoms. The van der Waals surface area contributed by atoms with Crippen LogP contribution < -0.4 is 5.32 Å². The molecule has 0 radical (unpaired) electrons. The molecule has 2 aromatic rings. The Labute approximate surface area is 176 Å². The highest BCUT2D eigenvalue weighted by Gasteiger charge is 2.28. The van der Waals surface area contributed by atoms with Crippen LogP contribution in [0.4, 0.5) is 4.39 Å². The molecule has 2 rings (SSSR count). The molecule has 0 aliphatic carbocycles. The van der Waals surface area contributed by atoms with Crippen molar-refractivity contribution in [2.75, 3.05) is 5.75 Å². The second kappa shape index (κ2) is 10.4. The van der Waals surface area contributed by atoms with Crippen LogP contribution in [0.2, 0.25) is 0 Å². The molecular weight excluding hydrogens is 387 g/mol. The van der Waals surface area contributed by atoms with E-state index >= 15 is 0 Å². The largest absolute Gasteiger partial charge is 0.350 e. The van der Waals surface area contributed by atoms with Gasteiger partial charge in [-0.2, -0.15) is 0 Å². The SMILES string of the molecule is CC(C(=O)NC(C)(C)C)N(Cc1ccccc1)C(=O)CSCc1ccc(F)cc1. The Bertz CT molecular complexity index is 804. The molecule has 2 aromatic carbocycles. The Morgan fingerprint density at radius 2 is 1.66 bits per heavy atom. The van der Waals surface area contributed by atoms with E-state index in [1.165, 1.54) is 23.9 Å². The van der Waals surface area contributed by atoms with E-state index in [4.69, 9.17) is 0 Å². The fraction of sp³-hybridized carbons (Fsp3) is 0.391. The number of hydrogen-bond donors (Lipinski definition) is 1. The van der Waals surface area contributed by atoms with Crippen LogP contribution in [-0.4, -0.2) is 34.0 Å². The molecular formula is C23H29FN2O2S. The summed E-state index contributed by atoms with van der Waals surface area (Å²) in [7, 11) is 0. The van der Waals surface area contributed by atoms with E-state index in [0.29, 0.717) is 12.3 Å². The average molecular weight is 417 g/mol. The number of halogens is 1. The van der Waals surface area contributed by atoms with E-state index < -0.39 is 6.04 Å². The van der Waals surface area contributed by atoms with Gasteiger partial charge in [-0.15, -0.1) is 11.8 Å². The zero-order valence-corrected chi connectivity index (χ0v) is 18.3. The molecule has 2 amide bonds. The Morgan fingerprint density at radius 1 is 1.03 bits per heavy atom. The normalized spacial score (nSPS) is 12.3. The van der Waals surface area contributed by atoms with Gasteiger partial charge in [0.05, 0.1) is 5.75 Å². The molecule has 0 bridgehead atoms. The van der Waals surface area contributed by atoms with Crippen molar-refractivity contribution in [1.29, 1.82) is 0 Å². The molecule has 1 N–H and O–H groups in total. The van der Waals surface area contributed by atoms with Crippen LogP contribution in [0.15, 0.2) is 54.6 Å². The number of carbonyl (C=O) groups is 2. The van der Waals surface area contributed by atoms with Gasteiger partial charge in [-0.1, -0.05) is 42.5 Å². The van der Waals surface area contributed by atoms with E-state index in [9.17, 15) is 14.0 Å². The summed E-state index contributed by atoms with van der Waals surface area (Å²) in [5, 5.41) is 2.95. The average Bonchev–Trinajstić information content (AvgIpc) is 2.66. The number of rotatable bonds is 8. The van der Waals surface area contributed by atoms with Crippen molar-refractivity contribution in [3.8, 4) is 0 Å². The highest BCUT2D eigenvalue weighted by molar-refractivity contribution is 7.99. The first-order valence-corrected chi connectivity index (χ1v) is 10.8. The molecule has 29 heavy (non-hydrogen) atoms. The van der Waals surface area contributed by atoms with Crippen LogP contribution in [0.1, 0.15) is 38.8 Å². The third-order valence-electron chi connectivity index (χ3n) is 4.27. The molecule has 156 valence electrons. The van der Waals surface area contributed by atoms with Crippen LogP contribution >= 0.6 is 11.8 Å². The third-order valence-corrected chi connectivity index (χ3v) is 5.26. The summed E-state index contributed by atoms with van der Waals surface area (Å²) in [4.78, 5) is 27.3. The molecule has 1 atom stereocenters. The van der Waals surface area contributed by atoms with Crippen molar-refractivity contribution in [1.82, 2.24) is 10.2 Å². The zero-order chi connectivity index (χ0) is 21.4. The number of hydrogen-bond acceptors (Lipinski definition) is 3. The minimum atomic E-state index is -0.589. The van der Waals surface area contributed by atoms with Gasteiger partial charge in [-0.05, 0) is 51.0 Å². The van der Waals surface area contributed by atoms with Gasteiger partial charge in [0, 0.05) is 17.8 Å². The lowest BCUT2D eigenvalue weighted by atomic mass is 10.1. The van der Waals surface area contributed by atoms with Gasteiger partial charge >= 0.3 is 0 Å². The monoisotopic (exact) mass is 416 g/mol. The summed E-state index contributed by atoms with van der Waals surface area (Å²) in [6.45, 7) is 7.88. The summed E-state index contributed by atoms with van der Waals surface area (Å²) < 4.78 is 13.0. The fourth-order valence-electron chi connectivity index (χ4n) is 2.76. The maximum atomic E-state index is 13.0. The van der Waals surface area contributed by atoms with Gasteiger partial charge < -0.3 is 10.2 Å². The molecule has 0 aliphatic rings. The maximum absolute atomic E-state index is 13.0. The van der Waals surface area contributed by atoms with Gasteiger partial charge in [0.15, 0.2) is 0 Å². The van der Waals surface area contributed by atoms with E-state index in [0.717, 1.165) is 11.1 Å². The maximum Gasteiger partial charge on any atom is 0.242 e. The van der Waals surface area contributed by atoms with Crippen LogP contribution in [0.5, 0.6) is 0 Å². The van der Waals surface area contributed by atoms with E-state index in [1.807, 2.05) is 51.1 Å². The van der Waals surface area contributed by atoms with Gasteiger partial charge in [0.2, 0.25) is 11.8 Å². The molecule has 0 aromatic heterocycles. The Morgan fingerprint density at radius 3 is 2.24 bits per heavy atom. The Kier molecular flexibility index (Phi) is 8.26. The highest BCUT2D eigenvalue weighted by atomic mass is 32.2. The number of nitrogens with one attached hydrogen (secondary N) is 1. The molecule has 1 unspecified atom stereocenters. The van der Waals surface area contributed by atoms with Crippen molar-refractivity contribution < 1.29 is 14.0 Å². The summed E-state index contributed by atoms with van der Waals surface area (Å²) in [5.41, 5.74) is 1.56. The summed E-state index contributed by atoms with van der Waals surface area (Å²) in [6.07, 6.45) is 0. The smallest absolute Gasteiger partial charge is 0.242 e. The van der Waals surface area contributed by atoms with Crippen LogP contribution in [-0.2, 0) is 21.9 Å². The highest BCUT2D eigenvalue weighted by Crippen LogP contribution is 2.17. The molecule has 0 fully saturated rings. The molecule has 4 nitrogen and oxygen atoms in total. The van der Waals surface area contributed by atoms with Crippen molar-refractivity contribution in [3.63, 3.8) is 0 Å². The fourth-order valence-corrected chi connectivity index (χ4v) is 3.63. The zero-order valence-electron chi connectivity index (χ0n) is 17.4.